The van der Waals surface area contributed by atoms with Gasteiger partial charge in [-0.2, -0.15) is 0 Å². The number of thiazole rings is 1. The van der Waals surface area contributed by atoms with Crippen LogP contribution < -0.4 is 5.32 Å². The normalized spacial score (nSPS) is 12.6. The third-order valence-corrected chi connectivity index (χ3v) is 4.55. The lowest BCUT2D eigenvalue weighted by atomic mass is 10.2. The fourth-order valence-corrected chi connectivity index (χ4v) is 3.38. The van der Waals surface area contributed by atoms with Gasteiger partial charge in [-0.15, -0.1) is 11.3 Å². The van der Waals surface area contributed by atoms with Crippen molar-refractivity contribution in [2.45, 2.75) is 36.0 Å². The third-order valence-electron chi connectivity index (χ3n) is 2.52. The van der Waals surface area contributed by atoms with Crippen LogP contribution >= 0.6 is 23.1 Å². The van der Waals surface area contributed by atoms with Gasteiger partial charge in [0.2, 0.25) is 0 Å². The average Bonchev–Trinajstić information content (AvgIpc) is 2.76. The van der Waals surface area contributed by atoms with Crippen LogP contribution in [-0.2, 0) is 0 Å². The van der Waals surface area contributed by atoms with Gasteiger partial charge in [0.1, 0.15) is 0 Å². The molecule has 0 spiro atoms. The monoisotopic (exact) mass is 279 g/mol. The molecule has 0 aromatic carbocycles. The number of hydrogen-bond donors (Lipinski definition) is 1. The lowest BCUT2D eigenvalue weighted by molar-refractivity contribution is 0.582. The largest absolute Gasteiger partial charge is 0.309 e. The fourth-order valence-electron chi connectivity index (χ4n) is 1.60. The maximum absolute atomic E-state index is 4.49. The summed E-state index contributed by atoms with van der Waals surface area (Å²) in [6, 6.07) is 4.49. The second-order valence-electron chi connectivity index (χ2n) is 4.05. The van der Waals surface area contributed by atoms with E-state index in [1.807, 2.05) is 13.1 Å². The van der Waals surface area contributed by atoms with Crippen molar-refractivity contribution in [3.05, 3.63) is 35.1 Å². The zero-order valence-electron chi connectivity index (χ0n) is 10.8. The molecule has 2 rings (SSSR count). The summed E-state index contributed by atoms with van der Waals surface area (Å²) >= 11 is 3.34. The summed E-state index contributed by atoms with van der Waals surface area (Å²) in [5.41, 5.74) is 2.16. The molecule has 0 bridgehead atoms. The average molecular weight is 279 g/mol. The van der Waals surface area contributed by atoms with Gasteiger partial charge in [0.15, 0.2) is 4.34 Å². The van der Waals surface area contributed by atoms with Crippen molar-refractivity contribution < 1.29 is 0 Å². The molecule has 0 amide bonds. The summed E-state index contributed by atoms with van der Waals surface area (Å²) in [5, 5.41) is 5.42. The van der Waals surface area contributed by atoms with Crippen LogP contribution in [0, 0.1) is 6.92 Å². The van der Waals surface area contributed by atoms with E-state index in [-0.39, 0.29) is 0 Å². The Labute approximate surface area is 116 Å². The Hall–Kier alpha value is -0.910. The molecule has 1 unspecified atom stereocenters. The van der Waals surface area contributed by atoms with E-state index in [4.69, 9.17) is 0 Å². The number of rotatable bonds is 5. The first-order valence-electron chi connectivity index (χ1n) is 5.98. The van der Waals surface area contributed by atoms with Crippen LogP contribution in [0.4, 0.5) is 0 Å². The Balaban J connectivity index is 2.03. The zero-order valence-corrected chi connectivity index (χ0v) is 12.4. The second kappa shape index (κ2) is 6.31. The molecule has 96 valence electrons. The van der Waals surface area contributed by atoms with Gasteiger partial charge < -0.3 is 5.32 Å². The predicted octanol–water partition coefficient (Wildman–Crippen LogP) is 3.67. The van der Waals surface area contributed by atoms with Crippen molar-refractivity contribution in [2.75, 3.05) is 6.54 Å². The van der Waals surface area contributed by atoms with Crippen molar-refractivity contribution in [1.29, 1.82) is 0 Å². The van der Waals surface area contributed by atoms with E-state index in [9.17, 15) is 0 Å². The maximum Gasteiger partial charge on any atom is 0.154 e. The molecule has 2 aromatic rings. The minimum absolute atomic E-state index is 0.302. The Morgan fingerprint density at radius 3 is 2.83 bits per heavy atom. The first-order chi connectivity index (χ1) is 8.69. The van der Waals surface area contributed by atoms with Gasteiger partial charge in [-0.1, -0.05) is 18.7 Å². The Kier molecular flexibility index (Phi) is 4.74. The van der Waals surface area contributed by atoms with E-state index in [1.54, 1.807) is 23.1 Å². The first kappa shape index (κ1) is 13.5. The summed E-state index contributed by atoms with van der Waals surface area (Å²) in [7, 11) is 0. The molecule has 0 fully saturated rings. The minimum atomic E-state index is 0.302. The summed E-state index contributed by atoms with van der Waals surface area (Å²) in [6.45, 7) is 7.20. The standard InChI is InChI=1S/C13H17N3S2/c1-4-14-10(3)12-6-5-11(7-15-12)18-13-16-9(2)8-17-13/h5-8,10,14H,4H2,1-3H3. The predicted molar refractivity (Wildman–Crippen MR) is 77.3 cm³/mol. The molecule has 0 aliphatic carbocycles. The number of nitrogens with one attached hydrogen (secondary N) is 1. The molecule has 2 aromatic heterocycles. The van der Waals surface area contributed by atoms with Crippen LogP contribution in [0.2, 0.25) is 0 Å². The van der Waals surface area contributed by atoms with Crippen LogP contribution in [0.3, 0.4) is 0 Å². The van der Waals surface area contributed by atoms with Crippen LogP contribution in [0.5, 0.6) is 0 Å². The number of aryl methyl sites for hydroxylation is 1. The summed E-state index contributed by atoms with van der Waals surface area (Å²) in [4.78, 5) is 10.1. The highest BCUT2D eigenvalue weighted by Gasteiger charge is 2.06. The Bertz CT molecular complexity index is 493. The van der Waals surface area contributed by atoms with Gasteiger partial charge in [-0.3, -0.25) is 4.98 Å². The molecule has 0 radical (unpaired) electrons. The van der Waals surface area contributed by atoms with Crippen molar-refractivity contribution >= 4 is 23.1 Å². The molecule has 1 N–H and O–H groups in total. The van der Waals surface area contributed by atoms with Gasteiger partial charge in [0.05, 0.1) is 5.69 Å². The topological polar surface area (TPSA) is 37.8 Å². The van der Waals surface area contributed by atoms with E-state index in [2.05, 4.69) is 46.6 Å². The van der Waals surface area contributed by atoms with Gasteiger partial charge in [0, 0.05) is 28.2 Å². The SMILES string of the molecule is CCNC(C)c1ccc(Sc2nc(C)cs2)cn1. The highest BCUT2D eigenvalue weighted by molar-refractivity contribution is 8.01. The molecule has 18 heavy (non-hydrogen) atoms. The molecular formula is C13H17N3S2. The lowest BCUT2D eigenvalue weighted by Gasteiger charge is -2.11. The number of aromatic nitrogens is 2. The van der Waals surface area contributed by atoms with Gasteiger partial charge >= 0.3 is 0 Å². The molecule has 0 saturated carbocycles. The van der Waals surface area contributed by atoms with Crippen molar-refractivity contribution in [1.82, 2.24) is 15.3 Å². The van der Waals surface area contributed by atoms with Crippen LogP contribution in [-0.4, -0.2) is 16.5 Å². The van der Waals surface area contributed by atoms with Gasteiger partial charge in [-0.05, 0) is 32.5 Å². The maximum atomic E-state index is 4.49. The van der Waals surface area contributed by atoms with Crippen LogP contribution in [0.25, 0.3) is 0 Å². The Morgan fingerprint density at radius 1 is 1.44 bits per heavy atom. The number of nitrogens with zero attached hydrogens (tertiary/aromatic N) is 2. The second-order valence-corrected chi connectivity index (χ2v) is 6.23. The van der Waals surface area contributed by atoms with E-state index in [0.29, 0.717) is 6.04 Å². The highest BCUT2D eigenvalue weighted by Crippen LogP contribution is 2.30. The minimum Gasteiger partial charge on any atom is -0.309 e. The lowest BCUT2D eigenvalue weighted by Crippen LogP contribution is -2.18. The molecule has 0 aliphatic rings. The van der Waals surface area contributed by atoms with Crippen LogP contribution in [0.1, 0.15) is 31.3 Å². The van der Waals surface area contributed by atoms with Crippen molar-refractivity contribution in [3.63, 3.8) is 0 Å². The first-order valence-corrected chi connectivity index (χ1v) is 7.68. The summed E-state index contributed by atoms with van der Waals surface area (Å²) < 4.78 is 1.07. The van der Waals surface area contributed by atoms with Crippen molar-refractivity contribution in [2.24, 2.45) is 0 Å². The summed E-state index contributed by atoms with van der Waals surface area (Å²) in [5.74, 6) is 0. The number of hydrogen-bond acceptors (Lipinski definition) is 5. The molecule has 1 atom stereocenters. The van der Waals surface area contributed by atoms with E-state index in [0.717, 1.165) is 27.2 Å². The molecule has 0 aliphatic heterocycles. The molecular weight excluding hydrogens is 262 g/mol. The Morgan fingerprint density at radius 2 is 2.28 bits per heavy atom. The molecule has 2 heterocycles. The third kappa shape index (κ3) is 3.54. The smallest absolute Gasteiger partial charge is 0.154 e. The van der Waals surface area contributed by atoms with Gasteiger partial charge in [-0.25, -0.2) is 4.98 Å². The zero-order chi connectivity index (χ0) is 13.0. The molecule has 3 nitrogen and oxygen atoms in total. The quantitative estimate of drug-likeness (QED) is 0.906. The van der Waals surface area contributed by atoms with E-state index >= 15 is 0 Å². The highest BCUT2D eigenvalue weighted by atomic mass is 32.2. The van der Waals surface area contributed by atoms with E-state index in [1.165, 1.54) is 0 Å². The molecule has 0 saturated heterocycles. The fraction of sp³-hybridized carbons (Fsp3) is 0.385. The van der Waals surface area contributed by atoms with Crippen LogP contribution in [0.15, 0.2) is 32.9 Å². The number of pyridine rings is 1. The molecule has 5 heteroatoms. The van der Waals surface area contributed by atoms with Gasteiger partial charge in [0.25, 0.3) is 0 Å². The van der Waals surface area contributed by atoms with Crippen molar-refractivity contribution in [3.8, 4) is 0 Å². The van der Waals surface area contributed by atoms with E-state index < -0.39 is 0 Å². The summed E-state index contributed by atoms with van der Waals surface area (Å²) in [6.07, 6.45) is 1.92.